The number of imide groups is 1. The first-order chi connectivity index (χ1) is 15.7. The highest BCUT2D eigenvalue weighted by Gasteiger charge is 2.17. The third-order valence-electron chi connectivity index (χ3n) is 5.80. The molecule has 0 saturated heterocycles. The van der Waals surface area contributed by atoms with Crippen LogP contribution in [0, 0.1) is 6.92 Å². The number of benzene rings is 3. The predicted octanol–water partition coefficient (Wildman–Crippen LogP) is 5.61. The zero-order valence-corrected chi connectivity index (χ0v) is 19.3. The van der Waals surface area contributed by atoms with Crippen LogP contribution in [0.3, 0.4) is 0 Å². The Balaban J connectivity index is 1.66. The molecule has 3 rings (SSSR count). The van der Waals surface area contributed by atoms with Gasteiger partial charge in [-0.3, -0.25) is 19.7 Å². The average molecular weight is 445 g/mol. The van der Waals surface area contributed by atoms with Gasteiger partial charge in [-0.2, -0.15) is 0 Å². The smallest absolute Gasteiger partial charge is 0.257 e. The molecule has 0 aromatic heterocycles. The predicted molar refractivity (Wildman–Crippen MR) is 129 cm³/mol. The lowest BCUT2D eigenvalue weighted by atomic mass is 9.82. The summed E-state index contributed by atoms with van der Waals surface area (Å²) in [6.45, 7) is 8.34. The van der Waals surface area contributed by atoms with Crippen molar-refractivity contribution in [1.29, 1.82) is 0 Å². The van der Waals surface area contributed by atoms with Crippen molar-refractivity contribution in [3.8, 4) is 11.5 Å². The van der Waals surface area contributed by atoms with Crippen LogP contribution in [0.5, 0.6) is 11.5 Å². The highest BCUT2D eigenvalue weighted by molar-refractivity contribution is 6.07. The SMILES string of the molecule is CCC(C)(C)c1ccc(Oc2ccc(NC(=O)c3ccc(C)c(C(=O)NC=O)c3)cc2)cc1. The molecular weight excluding hydrogens is 416 g/mol. The molecule has 0 aliphatic heterocycles. The Morgan fingerprint density at radius 2 is 1.52 bits per heavy atom. The fourth-order valence-electron chi connectivity index (χ4n) is 3.26. The summed E-state index contributed by atoms with van der Waals surface area (Å²) < 4.78 is 5.92. The first-order valence-corrected chi connectivity index (χ1v) is 10.8. The van der Waals surface area contributed by atoms with E-state index in [1.165, 1.54) is 11.6 Å². The van der Waals surface area contributed by atoms with Crippen molar-refractivity contribution >= 4 is 23.9 Å². The fourth-order valence-corrected chi connectivity index (χ4v) is 3.26. The van der Waals surface area contributed by atoms with Gasteiger partial charge in [0.05, 0.1) is 0 Å². The zero-order valence-electron chi connectivity index (χ0n) is 19.3. The minimum absolute atomic E-state index is 0.120. The van der Waals surface area contributed by atoms with Crippen LogP contribution in [0.15, 0.2) is 66.7 Å². The number of carbonyl (C=O) groups is 3. The number of hydrogen-bond donors (Lipinski definition) is 2. The summed E-state index contributed by atoms with van der Waals surface area (Å²) in [5.74, 6) is 0.477. The standard InChI is InChI=1S/C27H28N2O4/c1-5-27(3,4)20-8-12-22(13-9-20)33-23-14-10-21(11-15-23)29-25(31)19-7-6-18(2)24(16-19)26(32)28-17-30/h6-17H,5H2,1-4H3,(H,29,31)(H,28,30,32). The van der Waals surface area contributed by atoms with Crippen molar-refractivity contribution in [3.63, 3.8) is 0 Å². The van der Waals surface area contributed by atoms with Crippen LogP contribution >= 0.6 is 0 Å². The Morgan fingerprint density at radius 3 is 2.09 bits per heavy atom. The number of aryl methyl sites for hydroxylation is 1. The van der Waals surface area contributed by atoms with Crippen LogP contribution in [0.2, 0.25) is 0 Å². The first-order valence-electron chi connectivity index (χ1n) is 10.8. The van der Waals surface area contributed by atoms with Crippen LogP contribution in [0.1, 0.15) is 59.0 Å². The van der Waals surface area contributed by atoms with Crippen LogP contribution in [-0.4, -0.2) is 18.2 Å². The van der Waals surface area contributed by atoms with Gasteiger partial charge in [0, 0.05) is 16.8 Å². The molecule has 0 unspecified atom stereocenters. The van der Waals surface area contributed by atoms with Gasteiger partial charge in [-0.15, -0.1) is 0 Å². The summed E-state index contributed by atoms with van der Waals surface area (Å²) in [6, 6.07) is 19.9. The fraction of sp³-hybridized carbons (Fsp3) is 0.222. The summed E-state index contributed by atoms with van der Waals surface area (Å²) in [7, 11) is 0. The second-order valence-electron chi connectivity index (χ2n) is 8.46. The van der Waals surface area contributed by atoms with E-state index in [0.29, 0.717) is 29.0 Å². The van der Waals surface area contributed by atoms with Gasteiger partial charge in [-0.1, -0.05) is 39.0 Å². The zero-order chi connectivity index (χ0) is 24.0. The van der Waals surface area contributed by atoms with E-state index in [0.717, 1.165) is 12.2 Å². The van der Waals surface area contributed by atoms with E-state index in [4.69, 9.17) is 4.74 Å². The molecule has 2 N–H and O–H groups in total. The van der Waals surface area contributed by atoms with E-state index < -0.39 is 5.91 Å². The Bertz CT molecular complexity index is 1150. The number of anilines is 1. The molecule has 0 spiro atoms. The van der Waals surface area contributed by atoms with Gasteiger partial charge in [0.2, 0.25) is 6.41 Å². The maximum atomic E-state index is 12.6. The first kappa shape index (κ1) is 23.7. The van der Waals surface area contributed by atoms with Crippen molar-refractivity contribution in [2.24, 2.45) is 0 Å². The monoisotopic (exact) mass is 444 g/mol. The molecule has 3 amide bonds. The second kappa shape index (κ2) is 10.1. The lowest BCUT2D eigenvalue weighted by Crippen LogP contribution is -2.23. The van der Waals surface area contributed by atoms with Gasteiger partial charge in [0.15, 0.2) is 0 Å². The van der Waals surface area contributed by atoms with E-state index in [1.54, 1.807) is 43.3 Å². The van der Waals surface area contributed by atoms with Gasteiger partial charge in [0.25, 0.3) is 11.8 Å². The molecule has 0 atom stereocenters. The molecule has 33 heavy (non-hydrogen) atoms. The molecule has 6 nitrogen and oxygen atoms in total. The third-order valence-corrected chi connectivity index (χ3v) is 5.80. The molecule has 170 valence electrons. The normalized spacial score (nSPS) is 10.9. The summed E-state index contributed by atoms with van der Waals surface area (Å²) in [5, 5.41) is 4.89. The minimum Gasteiger partial charge on any atom is -0.457 e. The van der Waals surface area contributed by atoms with E-state index >= 15 is 0 Å². The second-order valence-corrected chi connectivity index (χ2v) is 8.46. The topological polar surface area (TPSA) is 84.5 Å². The van der Waals surface area contributed by atoms with E-state index in [9.17, 15) is 14.4 Å². The summed E-state index contributed by atoms with van der Waals surface area (Å²) in [4.78, 5) is 35.2. The quantitative estimate of drug-likeness (QED) is 0.442. The van der Waals surface area contributed by atoms with Gasteiger partial charge >= 0.3 is 0 Å². The largest absolute Gasteiger partial charge is 0.457 e. The van der Waals surface area contributed by atoms with Crippen molar-refractivity contribution in [2.75, 3.05) is 5.32 Å². The van der Waals surface area contributed by atoms with Crippen LogP contribution in [0.4, 0.5) is 5.69 Å². The van der Waals surface area contributed by atoms with Crippen LogP contribution in [-0.2, 0) is 10.2 Å². The third kappa shape index (κ3) is 5.86. The summed E-state index contributed by atoms with van der Waals surface area (Å²) in [6.07, 6.45) is 1.37. The molecule has 0 heterocycles. The van der Waals surface area contributed by atoms with Gasteiger partial charge in [0.1, 0.15) is 11.5 Å². The Kier molecular flexibility index (Phi) is 7.28. The molecule has 3 aromatic rings. The van der Waals surface area contributed by atoms with E-state index in [2.05, 4.69) is 43.5 Å². The summed E-state index contributed by atoms with van der Waals surface area (Å²) >= 11 is 0. The molecule has 0 bridgehead atoms. The average Bonchev–Trinajstić information content (AvgIpc) is 2.81. The number of rotatable bonds is 8. The molecule has 0 radical (unpaired) electrons. The van der Waals surface area contributed by atoms with Crippen LogP contribution < -0.4 is 15.4 Å². The minimum atomic E-state index is -0.551. The molecule has 6 heteroatoms. The Morgan fingerprint density at radius 1 is 0.909 bits per heavy atom. The van der Waals surface area contributed by atoms with E-state index in [-0.39, 0.29) is 16.9 Å². The van der Waals surface area contributed by atoms with Crippen molar-refractivity contribution < 1.29 is 19.1 Å². The molecule has 0 aliphatic rings. The lowest BCUT2D eigenvalue weighted by molar-refractivity contribution is -0.108. The Labute approximate surface area is 194 Å². The molecule has 0 saturated carbocycles. The Hall–Kier alpha value is -3.93. The summed E-state index contributed by atoms with van der Waals surface area (Å²) in [5.41, 5.74) is 3.22. The molecule has 0 fully saturated rings. The molecular formula is C27H28N2O4. The number of hydrogen-bond acceptors (Lipinski definition) is 4. The van der Waals surface area contributed by atoms with E-state index in [1.807, 2.05) is 12.1 Å². The van der Waals surface area contributed by atoms with Crippen molar-refractivity contribution in [3.05, 3.63) is 89.0 Å². The maximum absolute atomic E-state index is 12.6. The number of ether oxygens (including phenoxy) is 1. The number of carbonyl (C=O) groups excluding carboxylic acids is 3. The highest BCUT2D eigenvalue weighted by atomic mass is 16.5. The van der Waals surface area contributed by atoms with Crippen molar-refractivity contribution in [1.82, 2.24) is 5.32 Å². The van der Waals surface area contributed by atoms with Gasteiger partial charge in [-0.25, -0.2) is 0 Å². The number of nitrogens with one attached hydrogen (secondary N) is 2. The van der Waals surface area contributed by atoms with Gasteiger partial charge in [-0.05, 0) is 78.4 Å². The van der Waals surface area contributed by atoms with Gasteiger partial charge < -0.3 is 10.1 Å². The number of amides is 3. The maximum Gasteiger partial charge on any atom is 0.257 e. The van der Waals surface area contributed by atoms with Crippen LogP contribution in [0.25, 0.3) is 0 Å². The molecule has 3 aromatic carbocycles. The lowest BCUT2D eigenvalue weighted by Gasteiger charge is -2.23. The highest BCUT2D eigenvalue weighted by Crippen LogP contribution is 2.30. The molecule has 0 aliphatic carbocycles. The van der Waals surface area contributed by atoms with Crippen molar-refractivity contribution in [2.45, 2.75) is 39.5 Å².